The number of nitrogens with one attached hydrogen (secondary N) is 1. The van der Waals surface area contributed by atoms with Crippen LogP contribution in [-0.2, 0) is 4.79 Å². The number of benzene rings is 1. The highest BCUT2D eigenvalue weighted by Crippen LogP contribution is 2.41. The van der Waals surface area contributed by atoms with E-state index in [2.05, 4.69) is 15.5 Å². The van der Waals surface area contributed by atoms with E-state index in [-0.39, 0.29) is 23.5 Å². The van der Waals surface area contributed by atoms with E-state index in [9.17, 15) is 9.18 Å². The van der Waals surface area contributed by atoms with E-state index in [0.717, 1.165) is 19.3 Å². The van der Waals surface area contributed by atoms with Crippen LogP contribution in [0.2, 0.25) is 0 Å². The maximum atomic E-state index is 14.1. The van der Waals surface area contributed by atoms with E-state index in [1.165, 1.54) is 17.8 Å². The Kier molecular flexibility index (Phi) is 5.18. The zero-order valence-corrected chi connectivity index (χ0v) is 14.6. The van der Waals surface area contributed by atoms with E-state index in [1.807, 2.05) is 18.4 Å². The van der Waals surface area contributed by atoms with Crippen LogP contribution in [0.25, 0.3) is 11.4 Å². The van der Waals surface area contributed by atoms with Gasteiger partial charge < -0.3 is 5.32 Å². The van der Waals surface area contributed by atoms with Crippen LogP contribution in [0.1, 0.15) is 39.2 Å². The summed E-state index contributed by atoms with van der Waals surface area (Å²) in [7, 11) is 0. The van der Waals surface area contributed by atoms with Crippen molar-refractivity contribution in [2.45, 2.75) is 50.4 Å². The Morgan fingerprint density at radius 2 is 2.17 bits per heavy atom. The SMILES string of the molecule is CC[C@@H](C)NC(=O)CSc1nnc(-c2ccccc2F)n1C1CC1. The monoisotopic (exact) mass is 348 g/mol. The molecule has 7 heteroatoms. The van der Waals surface area contributed by atoms with Crippen molar-refractivity contribution < 1.29 is 9.18 Å². The molecule has 5 nitrogen and oxygen atoms in total. The number of carbonyl (C=O) groups is 1. The third-order valence-corrected chi connectivity index (χ3v) is 4.99. The molecule has 1 amide bonds. The van der Waals surface area contributed by atoms with Crippen molar-refractivity contribution in [3.63, 3.8) is 0 Å². The molecule has 1 aliphatic carbocycles. The van der Waals surface area contributed by atoms with Gasteiger partial charge in [-0.2, -0.15) is 0 Å². The van der Waals surface area contributed by atoms with Crippen molar-refractivity contribution in [2.24, 2.45) is 0 Å². The van der Waals surface area contributed by atoms with Gasteiger partial charge >= 0.3 is 0 Å². The Morgan fingerprint density at radius 3 is 2.83 bits per heavy atom. The molecule has 0 spiro atoms. The molecule has 0 saturated heterocycles. The van der Waals surface area contributed by atoms with Crippen molar-refractivity contribution in [3.05, 3.63) is 30.1 Å². The van der Waals surface area contributed by atoms with Crippen LogP contribution >= 0.6 is 11.8 Å². The molecule has 0 radical (unpaired) electrons. The van der Waals surface area contributed by atoms with Gasteiger partial charge in [-0.1, -0.05) is 30.8 Å². The second-order valence-corrected chi connectivity index (χ2v) is 7.00. The van der Waals surface area contributed by atoms with Crippen LogP contribution < -0.4 is 5.32 Å². The number of halogens is 1. The Hall–Kier alpha value is -1.89. The fraction of sp³-hybridized carbons (Fsp3) is 0.471. The summed E-state index contributed by atoms with van der Waals surface area (Å²) in [5.74, 6) is 0.498. The molecule has 2 aromatic rings. The largest absolute Gasteiger partial charge is 0.353 e. The van der Waals surface area contributed by atoms with Crippen molar-refractivity contribution in [1.29, 1.82) is 0 Å². The third kappa shape index (κ3) is 3.77. The predicted octanol–water partition coefficient (Wildman–Crippen LogP) is 3.43. The Labute approximate surface area is 145 Å². The van der Waals surface area contributed by atoms with Crippen LogP contribution in [0.5, 0.6) is 0 Å². The van der Waals surface area contributed by atoms with Crippen molar-refractivity contribution >= 4 is 17.7 Å². The van der Waals surface area contributed by atoms with Crippen LogP contribution in [0.15, 0.2) is 29.4 Å². The summed E-state index contributed by atoms with van der Waals surface area (Å²) < 4.78 is 16.1. The fourth-order valence-electron chi connectivity index (χ4n) is 2.41. The molecule has 1 saturated carbocycles. The average molecular weight is 348 g/mol. The Morgan fingerprint density at radius 1 is 1.42 bits per heavy atom. The highest BCUT2D eigenvalue weighted by Gasteiger charge is 2.31. The molecule has 1 aromatic heterocycles. The minimum Gasteiger partial charge on any atom is -0.353 e. The van der Waals surface area contributed by atoms with Crippen molar-refractivity contribution in [1.82, 2.24) is 20.1 Å². The van der Waals surface area contributed by atoms with Crippen LogP contribution in [0.4, 0.5) is 4.39 Å². The molecular formula is C17H21FN4OS. The van der Waals surface area contributed by atoms with Gasteiger partial charge in [0.15, 0.2) is 11.0 Å². The minimum absolute atomic E-state index is 0.0212. The maximum absolute atomic E-state index is 14.1. The standard InChI is InChI=1S/C17H21FN4OS/c1-3-11(2)19-15(23)10-24-17-21-20-16(22(17)12-8-9-12)13-6-4-5-7-14(13)18/h4-7,11-12H,3,8-10H2,1-2H3,(H,19,23)/t11-/m1/s1. The molecule has 1 atom stereocenters. The number of amides is 1. The first-order valence-corrected chi connectivity index (χ1v) is 9.20. The first kappa shape index (κ1) is 17.0. The van der Waals surface area contributed by atoms with E-state index in [0.29, 0.717) is 22.6 Å². The summed E-state index contributed by atoms with van der Waals surface area (Å²) in [6, 6.07) is 7.04. The van der Waals surface area contributed by atoms with Gasteiger partial charge in [-0.05, 0) is 38.3 Å². The first-order chi connectivity index (χ1) is 11.6. The summed E-state index contributed by atoms with van der Waals surface area (Å²) in [5.41, 5.74) is 0.452. The van der Waals surface area contributed by atoms with Gasteiger partial charge in [0.2, 0.25) is 5.91 Å². The number of rotatable bonds is 7. The lowest BCUT2D eigenvalue weighted by atomic mass is 10.2. The number of aromatic nitrogens is 3. The van der Waals surface area contributed by atoms with Gasteiger partial charge in [0.05, 0.1) is 11.3 Å². The molecule has 128 valence electrons. The highest BCUT2D eigenvalue weighted by molar-refractivity contribution is 7.99. The van der Waals surface area contributed by atoms with E-state index < -0.39 is 0 Å². The number of thioether (sulfide) groups is 1. The lowest BCUT2D eigenvalue weighted by molar-refractivity contribution is -0.119. The summed E-state index contributed by atoms with van der Waals surface area (Å²) >= 11 is 1.35. The van der Waals surface area contributed by atoms with Gasteiger partial charge in [0, 0.05) is 12.1 Å². The minimum atomic E-state index is -0.308. The Balaban J connectivity index is 1.78. The number of carbonyl (C=O) groups excluding carboxylic acids is 1. The molecule has 1 N–H and O–H groups in total. The van der Waals surface area contributed by atoms with Crippen molar-refractivity contribution in [3.8, 4) is 11.4 Å². The molecule has 24 heavy (non-hydrogen) atoms. The van der Waals surface area contributed by atoms with Gasteiger partial charge in [0.1, 0.15) is 5.82 Å². The topological polar surface area (TPSA) is 59.8 Å². The normalized spacial score (nSPS) is 15.3. The molecule has 1 fully saturated rings. The summed E-state index contributed by atoms with van der Waals surface area (Å²) in [6.07, 6.45) is 2.96. The van der Waals surface area contributed by atoms with Gasteiger partial charge in [0.25, 0.3) is 0 Å². The lowest BCUT2D eigenvalue weighted by Crippen LogP contribution is -2.33. The Bertz CT molecular complexity index is 729. The van der Waals surface area contributed by atoms with E-state index in [1.54, 1.807) is 18.2 Å². The average Bonchev–Trinajstić information content (AvgIpc) is 3.33. The van der Waals surface area contributed by atoms with Gasteiger partial charge in [-0.25, -0.2) is 4.39 Å². The van der Waals surface area contributed by atoms with Gasteiger partial charge in [-0.15, -0.1) is 10.2 Å². The van der Waals surface area contributed by atoms with Crippen molar-refractivity contribution in [2.75, 3.05) is 5.75 Å². The van der Waals surface area contributed by atoms with E-state index >= 15 is 0 Å². The van der Waals surface area contributed by atoms with Crippen LogP contribution in [0.3, 0.4) is 0 Å². The lowest BCUT2D eigenvalue weighted by Gasteiger charge is -2.12. The molecule has 3 rings (SSSR count). The summed E-state index contributed by atoms with van der Waals surface area (Å²) in [6.45, 7) is 4.01. The summed E-state index contributed by atoms with van der Waals surface area (Å²) in [4.78, 5) is 12.0. The fourth-order valence-corrected chi connectivity index (χ4v) is 3.23. The zero-order valence-electron chi connectivity index (χ0n) is 13.8. The number of hydrogen-bond acceptors (Lipinski definition) is 4. The van der Waals surface area contributed by atoms with E-state index in [4.69, 9.17) is 0 Å². The quantitative estimate of drug-likeness (QED) is 0.779. The number of hydrogen-bond donors (Lipinski definition) is 1. The maximum Gasteiger partial charge on any atom is 0.230 e. The highest BCUT2D eigenvalue weighted by atomic mass is 32.2. The second-order valence-electron chi connectivity index (χ2n) is 6.05. The van der Waals surface area contributed by atoms with Gasteiger partial charge in [-0.3, -0.25) is 9.36 Å². The molecule has 1 aliphatic rings. The third-order valence-electron chi connectivity index (χ3n) is 4.04. The molecule has 1 heterocycles. The molecule has 0 bridgehead atoms. The predicted molar refractivity (Wildman–Crippen MR) is 92.3 cm³/mol. The van der Waals surface area contributed by atoms with Crippen LogP contribution in [-0.4, -0.2) is 32.5 Å². The second kappa shape index (κ2) is 7.34. The first-order valence-electron chi connectivity index (χ1n) is 8.22. The molecule has 1 aromatic carbocycles. The summed E-state index contributed by atoms with van der Waals surface area (Å²) in [5, 5.41) is 12.0. The molecule has 0 aliphatic heterocycles. The van der Waals surface area contributed by atoms with Crippen LogP contribution in [0, 0.1) is 5.82 Å². The number of nitrogens with zero attached hydrogens (tertiary/aromatic N) is 3. The molecule has 0 unspecified atom stereocenters. The smallest absolute Gasteiger partial charge is 0.230 e. The molecular weight excluding hydrogens is 327 g/mol. The zero-order chi connectivity index (χ0) is 17.1.